The lowest BCUT2D eigenvalue weighted by Gasteiger charge is -2.33. The summed E-state index contributed by atoms with van der Waals surface area (Å²) in [7, 11) is 2.07. The first-order valence-electron chi connectivity index (χ1n) is 9.40. The average Bonchev–Trinajstić information content (AvgIpc) is 3.05. The zero-order valence-corrected chi connectivity index (χ0v) is 17.3. The number of aryl methyl sites for hydroxylation is 1. The Hall–Kier alpha value is -2.72. The van der Waals surface area contributed by atoms with E-state index in [4.69, 9.17) is 0 Å². The predicted molar refractivity (Wildman–Crippen MR) is 111 cm³/mol. The number of alkyl halides is 3. The van der Waals surface area contributed by atoms with Gasteiger partial charge in [0.15, 0.2) is 0 Å². The summed E-state index contributed by atoms with van der Waals surface area (Å²) in [6, 6.07) is 4.60. The van der Waals surface area contributed by atoms with E-state index in [1.165, 1.54) is 29.8 Å². The van der Waals surface area contributed by atoms with Gasteiger partial charge < -0.3 is 15.1 Å². The number of likely N-dealkylation sites (N-methyl/N-ethyl adjacent to an activating group) is 1. The number of benzene rings is 1. The second kappa shape index (κ2) is 7.84. The van der Waals surface area contributed by atoms with Crippen molar-refractivity contribution in [3.63, 3.8) is 0 Å². The van der Waals surface area contributed by atoms with Crippen molar-refractivity contribution in [2.45, 2.75) is 13.1 Å². The van der Waals surface area contributed by atoms with Gasteiger partial charge in [0.2, 0.25) is 0 Å². The van der Waals surface area contributed by atoms with Gasteiger partial charge in [-0.2, -0.15) is 13.2 Å². The number of rotatable bonds is 3. The van der Waals surface area contributed by atoms with Crippen molar-refractivity contribution in [3.05, 3.63) is 46.6 Å². The van der Waals surface area contributed by atoms with Gasteiger partial charge in [-0.15, -0.1) is 11.3 Å². The Labute approximate surface area is 175 Å². The number of halogens is 3. The first-order valence-corrected chi connectivity index (χ1v) is 10.2. The number of carbonyl (C=O) groups is 1. The summed E-state index contributed by atoms with van der Waals surface area (Å²) < 4.78 is 38.8. The number of fused-ring (bicyclic) bond motifs is 1. The third-order valence-electron chi connectivity index (χ3n) is 5.16. The molecule has 6 nitrogen and oxygen atoms in total. The minimum absolute atomic E-state index is 0.0945. The smallest absolute Gasteiger partial charge is 0.353 e. The van der Waals surface area contributed by atoms with Crippen LogP contribution in [0.3, 0.4) is 0 Å². The molecule has 1 aliphatic rings. The molecular formula is C20H20F3N5OS. The second-order valence-electron chi connectivity index (χ2n) is 7.26. The zero-order chi connectivity index (χ0) is 21.5. The van der Waals surface area contributed by atoms with Crippen LogP contribution in [0.1, 0.15) is 20.8 Å². The van der Waals surface area contributed by atoms with E-state index in [1.54, 1.807) is 0 Å². The van der Waals surface area contributed by atoms with Crippen LogP contribution in [0.2, 0.25) is 0 Å². The molecule has 4 rings (SSSR count). The van der Waals surface area contributed by atoms with Crippen LogP contribution in [0.4, 0.5) is 24.7 Å². The molecule has 158 valence electrons. The van der Waals surface area contributed by atoms with Crippen LogP contribution in [0.15, 0.2) is 30.6 Å². The van der Waals surface area contributed by atoms with Gasteiger partial charge in [-0.3, -0.25) is 4.79 Å². The van der Waals surface area contributed by atoms with Gasteiger partial charge in [0, 0.05) is 31.9 Å². The van der Waals surface area contributed by atoms with Crippen molar-refractivity contribution >= 4 is 39.0 Å². The standard InChI is InChI=1S/C20H20F3N5OS/c1-12-15-17(28-8-6-27(2)7-9-28)24-11-25-19(15)30-16(12)18(29)26-14-5-3-4-13(10-14)20(21,22)23/h3-5,10-11H,6-9H2,1-2H3,(H,26,29). The SMILES string of the molecule is Cc1c(C(=O)Nc2cccc(C(F)(F)F)c2)sc2ncnc(N3CCN(C)CC3)c12. The van der Waals surface area contributed by atoms with E-state index in [0.717, 1.165) is 55.1 Å². The summed E-state index contributed by atoms with van der Waals surface area (Å²) in [6.45, 7) is 5.30. The molecule has 0 aliphatic carbocycles. The molecule has 0 unspecified atom stereocenters. The highest BCUT2D eigenvalue weighted by Crippen LogP contribution is 2.36. The summed E-state index contributed by atoms with van der Waals surface area (Å²) in [6.07, 6.45) is -2.98. The van der Waals surface area contributed by atoms with E-state index in [9.17, 15) is 18.0 Å². The number of anilines is 2. The normalized spacial score (nSPS) is 15.6. The molecule has 2 aromatic heterocycles. The molecular weight excluding hydrogens is 415 g/mol. The number of hydrogen-bond acceptors (Lipinski definition) is 6. The molecule has 3 aromatic rings. The van der Waals surface area contributed by atoms with Gasteiger partial charge in [-0.1, -0.05) is 6.07 Å². The molecule has 0 saturated carbocycles. The van der Waals surface area contributed by atoms with Crippen LogP contribution < -0.4 is 10.2 Å². The summed E-state index contributed by atoms with van der Waals surface area (Å²) in [5.74, 6) is 0.333. The molecule has 1 N–H and O–H groups in total. The van der Waals surface area contributed by atoms with E-state index in [2.05, 4.69) is 32.1 Å². The van der Waals surface area contributed by atoms with Crippen LogP contribution in [-0.2, 0) is 6.18 Å². The molecule has 30 heavy (non-hydrogen) atoms. The van der Waals surface area contributed by atoms with E-state index in [1.807, 2.05) is 6.92 Å². The highest BCUT2D eigenvalue weighted by Gasteiger charge is 2.30. The van der Waals surface area contributed by atoms with Crippen molar-refractivity contribution in [1.29, 1.82) is 0 Å². The molecule has 3 heterocycles. The van der Waals surface area contributed by atoms with E-state index >= 15 is 0 Å². The Bertz CT molecular complexity index is 1090. The van der Waals surface area contributed by atoms with Gasteiger partial charge in [-0.25, -0.2) is 9.97 Å². The van der Waals surface area contributed by atoms with Crippen molar-refractivity contribution in [1.82, 2.24) is 14.9 Å². The fourth-order valence-corrected chi connectivity index (χ4v) is 4.53. The highest BCUT2D eigenvalue weighted by molar-refractivity contribution is 7.20. The van der Waals surface area contributed by atoms with Crippen LogP contribution in [0, 0.1) is 6.92 Å². The van der Waals surface area contributed by atoms with Crippen LogP contribution in [0.25, 0.3) is 10.2 Å². The van der Waals surface area contributed by atoms with Gasteiger partial charge in [0.25, 0.3) is 5.91 Å². The number of piperazine rings is 1. The minimum atomic E-state index is -4.47. The third-order valence-corrected chi connectivity index (χ3v) is 6.36. The largest absolute Gasteiger partial charge is 0.416 e. The zero-order valence-electron chi connectivity index (χ0n) is 16.5. The van der Waals surface area contributed by atoms with Crippen LogP contribution in [-0.4, -0.2) is 54.0 Å². The molecule has 1 aliphatic heterocycles. The van der Waals surface area contributed by atoms with Crippen molar-refractivity contribution < 1.29 is 18.0 Å². The lowest BCUT2D eigenvalue weighted by atomic mass is 10.1. The second-order valence-corrected chi connectivity index (χ2v) is 8.26. The molecule has 0 atom stereocenters. The van der Waals surface area contributed by atoms with Crippen molar-refractivity contribution in [3.8, 4) is 0 Å². The topological polar surface area (TPSA) is 61.4 Å². The minimum Gasteiger partial charge on any atom is -0.353 e. The molecule has 1 fully saturated rings. The van der Waals surface area contributed by atoms with Crippen LogP contribution >= 0.6 is 11.3 Å². The molecule has 0 spiro atoms. The Morgan fingerprint density at radius 2 is 1.90 bits per heavy atom. The lowest BCUT2D eigenvalue weighted by Crippen LogP contribution is -2.44. The quantitative estimate of drug-likeness (QED) is 0.673. The Morgan fingerprint density at radius 3 is 2.60 bits per heavy atom. The molecule has 1 amide bonds. The Morgan fingerprint density at radius 1 is 1.17 bits per heavy atom. The van der Waals surface area contributed by atoms with Gasteiger partial charge in [0.05, 0.1) is 15.8 Å². The van der Waals surface area contributed by atoms with Crippen LogP contribution in [0.5, 0.6) is 0 Å². The van der Waals surface area contributed by atoms with Crippen molar-refractivity contribution in [2.24, 2.45) is 0 Å². The fourth-order valence-electron chi connectivity index (χ4n) is 3.49. The lowest BCUT2D eigenvalue weighted by molar-refractivity contribution is -0.137. The Kier molecular flexibility index (Phi) is 5.37. The first-order chi connectivity index (χ1) is 14.2. The number of nitrogens with zero attached hydrogens (tertiary/aromatic N) is 4. The maximum Gasteiger partial charge on any atom is 0.416 e. The van der Waals surface area contributed by atoms with E-state index in [0.29, 0.717) is 9.71 Å². The third kappa shape index (κ3) is 3.97. The average molecular weight is 435 g/mol. The number of amides is 1. The molecule has 0 bridgehead atoms. The number of nitrogens with one attached hydrogen (secondary N) is 1. The summed E-state index contributed by atoms with van der Waals surface area (Å²) in [5.41, 5.74) is 0.0163. The predicted octanol–water partition coefficient (Wildman–Crippen LogP) is 4.02. The van der Waals surface area contributed by atoms with E-state index in [-0.39, 0.29) is 5.69 Å². The van der Waals surface area contributed by atoms with E-state index < -0.39 is 17.6 Å². The monoisotopic (exact) mass is 435 g/mol. The fraction of sp³-hybridized carbons (Fsp3) is 0.350. The first kappa shape index (κ1) is 20.5. The molecule has 10 heteroatoms. The number of aromatic nitrogens is 2. The molecule has 1 saturated heterocycles. The van der Waals surface area contributed by atoms with Gasteiger partial charge >= 0.3 is 6.18 Å². The van der Waals surface area contributed by atoms with Crippen molar-refractivity contribution in [2.75, 3.05) is 43.4 Å². The summed E-state index contributed by atoms with van der Waals surface area (Å²) in [5, 5.41) is 3.40. The van der Waals surface area contributed by atoms with Gasteiger partial charge in [-0.05, 0) is 37.7 Å². The maximum absolute atomic E-state index is 12.9. The highest BCUT2D eigenvalue weighted by atomic mass is 32.1. The Balaban J connectivity index is 1.64. The summed E-state index contributed by atoms with van der Waals surface area (Å²) >= 11 is 1.22. The van der Waals surface area contributed by atoms with Gasteiger partial charge in [0.1, 0.15) is 17.0 Å². The molecule has 0 radical (unpaired) electrons. The molecule has 1 aromatic carbocycles. The maximum atomic E-state index is 12.9. The number of carbonyl (C=O) groups excluding carboxylic acids is 1. The number of hydrogen-bond donors (Lipinski definition) is 1. The number of thiophene rings is 1. The summed E-state index contributed by atoms with van der Waals surface area (Å²) in [4.78, 5) is 27.1.